The zero-order valence-corrected chi connectivity index (χ0v) is 5.39. The van der Waals surface area contributed by atoms with Gasteiger partial charge < -0.3 is 9.84 Å². The SMILES string of the molecule is C[C@@]1(CO)CCC(=O)O1. The molecule has 9 heavy (non-hydrogen) atoms. The van der Waals surface area contributed by atoms with Crippen LogP contribution < -0.4 is 0 Å². The van der Waals surface area contributed by atoms with E-state index in [1.807, 2.05) is 0 Å². The van der Waals surface area contributed by atoms with Crippen LogP contribution in [0.1, 0.15) is 19.8 Å². The molecule has 0 spiro atoms. The summed E-state index contributed by atoms with van der Waals surface area (Å²) in [6.07, 6.45) is 1.08. The normalized spacial score (nSPS) is 34.7. The molecular weight excluding hydrogens is 120 g/mol. The summed E-state index contributed by atoms with van der Waals surface area (Å²) in [6.45, 7) is 1.66. The average molecular weight is 130 g/mol. The van der Waals surface area contributed by atoms with Crippen LogP contribution in [0.3, 0.4) is 0 Å². The molecule has 1 heterocycles. The number of hydrogen-bond acceptors (Lipinski definition) is 3. The van der Waals surface area contributed by atoms with E-state index < -0.39 is 5.60 Å². The van der Waals surface area contributed by atoms with E-state index in [2.05, 4.69) is 0 Å². The Balaban J connectivity index is 2.54. The van der Waals surface area contributed by atoms with Gasteiger partial charge in [-0.2, -0.15) is 0 Å². The number of cyclic esters (lactones) is 1. The van der Waals surface area contributed by atoms with Crippen LogP contribution in [0.2, 0.25) is 0 Å². The molecular formula is C6H10O3. The van der Waals surface area contributed by atoms with Crippen LogP contribution >= 0.6 is 0 Å². The predicted molar refractivity (Wildman–Crippen MR) is 30.8 cm³/mol. The maximum atomic E-state index is 10.5. The second-order valence-corrected chi connectivity index (χ2v) is 2.58. The lowest BCUT2D eigenvalue weighted by molar-refractivity contribution is -0.149. The van der Waals surface area contributed by atoms with Crippen LogP contribution in [-0.4, -0.2) is 23.3 Å². The van der Waals surface area contributed by atoms with E-state index in [4.69, 9.17) is 9.84 Å². The minimum atomic E-state index is -0.586. The molecule has 1 rings (SSSR count). The summed E-state index contributed by atoms with van der Waals surface area (Å²) in [7, 11) is 0. The molecule has 1 fully saturated rings. The molecule has 3 heteroatoms. The monoisotopic (exact) mass is 130 g/mol. The standard InChI is InChI=1S/C6H10O3/c1-6(4-7)3-2-5(8)9-6/h7H,2-4H2,1H3/t6-/m0/s1. The first kappa shape index (κ1) is 6.55. The molecule has 0 saturated carbocycles. The van der Waals surface area contributed by atoms with Crippen LogP contribution in [0.25, 0.3) is 0 Å². The molecule has 0 aromatic heterocycles. The highest BCUT2D eigenvalue weighted by molar-refractivity contribution is 5.72. The maximum Gasteiger partial charge on any atom is 0.306 e. The van der Waals surface area contributed by atoms with Gasteiger partial charge in [0.25, 0.3) is 0 Å². The Bertz CT molecular complexity index is 132. The second kappa shape index (κ2) is 1.99. The minimum Gasteiger partial charge on any atom is -0.457 e. The lowest BCUT2D eigenvalue weighted by atomic mass is 10.1. The number of esters is 1. The van der Waals surface area contributed by atoms with Crippen LogP contribution in [0.5, 0.6) is 0 Å². The molecule has 1 aliphatic rings. The smallest absolute Gasteiger partial charge is 0.306 e. The quantitative estimate of drug-likeness (QED) is 0.511. The molecule has 0 bridgehead atoms. The highest BCUT2D eigenvalue weighted by Crippen LogP contribution is 2.24. The molecule has 0 aliphatic carbocycles. The van der Waals surface area contributed by atoms with Gasteiger partial charge in [-0.05, 0) is 13.3 Å². The molecule has 0 unspecified atom stereocenters. The zero-order valence-electron chi connectivity index (χ0n) is 5.39. The van der Waals surface area contributed by atoms with Crippen molar-refractivity contribution in [2.75, 3.05) is 6.61 Å². The third kappa shape index (κ3) is 1.21. The molecule has 52 valence electrons. The molecule has 0 aromatic carbocycles. The first-order chi connectivity index (χ1) is 4.16. The zero-order chi connectivity index (χ0) is 6.91. The van der Waals surface area contributed by atoms with E-state index in [-0.39, 0.29) is 12.6 Å². The van der Waals surface area contributed by atoms with Crippen LogP contribution in [0.4, 0.5) is 0 Å². The average Bonchev–Trinajstić information content (AvgIpc) is 2.13. The fourth-order valence-electron chi connectivity index (χ4n) is 0.855. The second-order valence-electron chi connectivity index (χ2n) is 2.58. The van der Waals surface area contributed by atoms with Gasteiger partial charge in [0.15, 0.2) is 0 Å². The van der Waals surface area contributed by atoms with Crippen molar-refractivity contribution in [2.45, 2.75) is 25.4 Å². The van der Waals surface area contributed by atoms with Gasteiger partial charge in [0.2, 0.25) is 0 Å². The largest absolute Gasteiger partial charge is 0.457 e. The van der Waals surface area contributed by atoms with Gasteiger partial charge in [-0.15, -0.1) is 0 Å². The third-order valence-corrected chi connectivity index (χ3v) is 1.55. The molecule has 1 atom stereocenters. The van der Waals surface area contributed by atoms with Crippen molar-refractivity contribution in [3.05, 3.63) is 0 Å². The van der Waals surface area contributed by atoms with Crippen LogP contribution in [-0.2, 0) is 9.53 Å². The Morgan fingerprint density at radius 1 is 1.89 bits per heavy atom. The van der Waals surface area contributed by atoms with Gasteiger partial charge in [0.1, 0.15) is 5.60 Å². The lowest BCUT2D eigenvalue weighted by Crippen LogP contribution is -2.28. The third-order valence-electron chi connectivity index (χ3n) is 1.55. The fourth-order valence-corrected chi connectivity index (χ4v) is 0.855. The van der Waals surface area contributed by atoms with Crippen molar-refractivity contribution in [3.63, 3.8) is 0 Å². The number of hydrogen-bond donors (Lipinski definition) is 1. The predicted octanol–water partition coefficient (Wildman–Crippen LogP) is 0.0744. The number of carbonyl (C=O) groups is 1. The van der Waals surface area contributed by atoms with Crippen LogP contribution in [0, 0.1) is 0 Å². The van der Waals surface area contributed by atoms with Gasteiger partial charge in [0, 0.05) is 6.42 Å². The number of aliphatic hydroxyl groups is 1. The van der Waals surface area contributed by atoms with E-state index in [9.17, 15) is 4.79 Å². The number of carbonyl (C=O) groups excluding carboxylic acids is 1. The Hall–Kier alpha value is -0.570. The van der Waals surface area contributed by atoms with E-state index in [0.717, 1.165) is 0 Å². The Labute approximate surface area is 53.6 Å². The van der Waals surface area contributed by atoms with Crippen molar-refractivity contribution in [2.24, 2.45) is 0 Å². The summed E-state index contributed by atoms with van der Waals surface area (Å²) < 4.78 is 4.81. The van der Waals surface area contributed by atoms with E-state index in [1.165, 1.54) is 0 Å². The Morgan fingerprint density at radius 3 is 2.78 bits per heavy atom. The van der Waals surface area contributed by atoms with Gasteiger partial charge in [-0.1, -0.05) is 0 Å². The molecule has 3 nitrogen and oxygen atoms in total. The van der Waals surface area contributed by atoms with Crippen molar-refractivity contribution in [1.29, 1.82) is 0 Å². The summed E-state index contributed by atoms with van der Waals surface area (Å²) in [5.41, 5.74) is -0.586. The Morgan fingerprint density at radius 2 is 2.56 bits per heavy atom. The molecule has 0 aromatic rings. The highest BCUT2D eigenvalue weighted by atomic mass is 16.6. The molecule has 1 saturated heterocycles. The number of rotatable bonds is 1. The Kier molecular flexibility index (Phi) is 1.45. The minimum absolute atomic E-state index is 0.0707. The summed E-state index contributed by atoms with van der Waals surface area (Å²) in [5, 5.41) is 8.67. The van der Waals surface area contributed by atoms with Crippen molar-refractivity contribution in [1.82, 2.24) is 0 Å². The molecule has 0 amide bonds. The van der Waals surface area contributed by atoms with E-state index >= 15 is 0 Å². The first-order valence-electron chi connectivity index (χ1n) is 2.99. The first-order valence-corrected chi connectivity index (χ1v) is 2.99. The summed E-state index contributed by atoms with van der Waals surface area (Å²) in [4.78, 5) is 10.5. The van der Waals surface area contributed by atoms with Crippen molar-refractivity contribution in [3.8, 4) is 0 Å². The fraction of sp³-hybridized carbons (Fsp3) is 0.833. The van der Waals surface area contributed by atoms with Gasteiger partial charge in [-0.25, -0.2) is 0 Å². The van der Waals surface area contributed by atoms with Gasteiger partial charge in [-0.3, -0.25) is 4.79 Å². The van der Waals surface area contributed by atoms with E-state index in [0.29, 0.717) is 12.8 Å². The molecule has 1 aliphatic heterocycles. The molecule has 0 radical (unpaired) electrons. The topological polar surface area (TPSA) is 46.5 Å². The maximum absolute atomic E-state index is 10.5. The summed E-state index contributed by atoms with van der Waals surface area (Å²) in [6, 6.07) is 0. The van der Waals surface area contributed by atoms with Gasteiger partial charge in [0.05, 0.1) is 6.61 Å². The summed E-state index contributed by atoms with van der Waals surface area (Å²) in [5.74, 6) is -0.202. The number of aliphatic hydroxyl groups excluding tert-OH is 1. The lowest BCUT2D eigenvalue weighted by Gasteiger charge is -2.18. The number of ether oxygens (including phenoxy) is 1. The van der Waals surface area contributed by atoms with Crippen molar-refractivity contribution < 1.29 is 14.6 Å². The van der Waals surface area contributed by atoms with E-state index in [1.54, 1.807) is 6.92 Å². The van der Waals surface area contributed by atoms with Crippen molar-refractivity contribution >= 4 is 5.97 Å². The van der Waals surface area contributed by atoms with Gasteiger partial charge >= 0.3 is 5.97 Å². The van der Waals surface area contributed by atoms with Crippen LogP contribution in [0.15, 0.2) is 0 Å². The molecule has 1 N–H and O–H groups in total. The summed E-state index contributed by atoms with van der Waals surface area (Å²) >= 11 is 0. The highest BCUT2D eigenvalue weighted by Gasteiger charge is 2.34.